The molecule has 0 spiro atoms. The zero-order chi connectivity index (χ0) is 22.7. The van der Waals surface area contributed by atoms with Gasteiger partial charge in [0.15, 0.2) is 0 Å². The van der Waals surface area contributed by atoms with E-state index >= 15 is 0 Å². The van der Waals surface area contributed by atoms with Crippen LogP contribution in [-0.4, -0.2) is 50.2 Å². The molecule has 170 valence electrons. The maximum absolute atomic E-state index is 12.5. The molecule has 2 aliphatic rings. The van der Waals surface area contributed by atoms with Gasteiger partial charge in [0, 0.05) is 25.7 Å². The van der Waals surface area contributed by atoms with Crippen molar-refractivity contribution in [1.82, 2.24) is 5.32 Å². The van der Waals surface area contributed by atoms with Gasteiger partial charge in [0.1, 0.15) is 6.10 Å². The molecule has 2 aromatic rings. The van der Waals surface area contributed by atoms with Crippen molar-refractivity contribution in [2.24, 2.45) is 0 Å². The number of benzene rings is 1. The third-order valence-electron chi connectivity index (χ3n) is 5.46. The lowest BCUT2D eigenvalue weighted by Crippen LogP contribution is -2.34. The average molecular weight is 477 g/mol. The van der Waals surface area contributed by atoms with E-state index < -0.39 is 12.2 Å². The fourth-order valence-electron chi connectivity index (χ4n) is 3.96. The Labute approximate surface area is 195 Å². The fourth-order valence-corrected chi connectivity index (χ4v) is 4.92. The first-order chi connectivity index (χ1) is 15.4. The summed E-state index contributed by atoms with van der Waals surface area (Å²) in [6, 6.07) is 8.93. The number of halogens is 1. The summed E-state index contributed by atoms with van der Waals surface area (Å²) in [5, 5.41) is 5.68. The maximum atomic E-state index is 12.5. The normalized spacial score (nSPS) is 18.4. The van der Waals surface area contributed by atoms with Crippen LogP contribution in [0.1, 0.15) is 35.9 Å². The molecule has 1 aromatic carbocycles. The first-order valence-corrected chi connectivity index (χ1v) is 11.8. The Morgan fingerprint density at radius 1 is 1.19 bits per heavy atom. The summed E-state index contributed by atoms with van der Waals surface area (Å²) >= 11 is 7.07. The molecule has 3 amide bonds. The standard InChI is InChI=1S/C22H25ClN4O4S/c1-14(28)25-17-11-15(5-6-18(17)26-9-3-2-4-10-26)27-13-16(31-22(27)30)12-24-21(29)19-7-8-20(23)32-19/h5-8,11,16H,2-4,9-10,12-13H2,1H3,(H,24,29)(H,25,28). The number of nitrogens with zero attached hydrogens (tertiary/aromatic N) is 2. The van der Waals surface area contributed by atoms with Crippen LogP contribution in [0.4, 0.5) is 21.9 Å². The van der Waals surface area contributed by atoms with Crippen LogP contribution < -0.4 is 20.4 Å². The molecule has 0 aliphatic carbocycles. The lowest BCUT2D eigenvalue weighted by molar-refractivity contribution is -0.114. The van der Waals surface area contributed by atoms with Crippen molar-refractivity contribution < 1.29 is 19.1 Å². The Kier molecular flexibility index (Phi) is 6.86. The SMILES string of the molecule is CC(=O)Nc1cc(N2CC(CNC(=O)c3ccc(Cl)s3)OC2=O)ccc1N1CCCCC1. The molecule has 8 nitrogen and oxygen atoms in total. The van der Waals surface area contributed by atoms with Crippen molar-refractivity contribution in [3.05, 3.63) is 39.5 Å². The van der Waals surface area contributed by atoms with Crippen LogP contribution in [0.5, 0.6) is 0 Å². The van der Waals surface area contributed by atoms with Gasteiger partial charge in [-0.15, -0.1) is 11.3 Å². The van der Waals surface area contributed by atoms with Crippen LogP contribution in [0.25, 0.3) is 0 Å². The summed E-state index contributed by atoms with van der Waals surface area (Å²) in [4.78, 5) is 40.8. The molecule has 2 fully saturated rings. The number of piperidine rings is 1. The van der Waals surface area contributed by atoms with Crippen molar-refractivity contribution in [1.29, 1.82) is 0 Å². The second kappa shape index (κ2) is 9.79. The molecular weight excluding hydrogens is 452 g/mol. The summed E-state index contributed by atoms with van der Waals surface area (Å²) < 4.78 is 5.98. The van der Waals surface area contributed by atoms with Crippen LogP contribution in [0.2, 0.25) is 4.34 Å². The van der Waals surface area contributed by atoms with Gasteiger partial charge in [-0.3, -0.25) is 14.5 Å². The Hall–Kier alpha value is -2.78. The number of ether oxygens (including phenoxy) is 1. The number of cyclic esters (lactones) is 1. The number of nitrogens with one attached hydrogen (secondary N) is 2. The molecular formula is C22H25ClN4O4S. The first-order valence-electron chi connectivity index (χ1n) is 10.6. The number of hydrogen-bond donors (Lipinski definition) is 2. The van der Waals surface area contributed by atoms with E-state index in [9.17, 15) is 14.4 Å². The number of anilines is 3. The highest BCUT2D eigenvalue weighted by Crippen LogP contribution is 2.34. The molecule has 2 aliphatic heterocycles. The van der Waals surface area contributed by atoms with Crippen molar-refractivity contribution in [2.75, 3.05) is 41.3 Å². The summed E-state index contributed by atoms with van der Waals surface area (Å²) in [5.41, 5.74) is 2.27. The van der Waals surface area contributed by atoms with Crippen LogP contribution >= 0.6 is 22.9 Å². The van der Waals surface area contributed by atoms with E-state index in [0.29, 0.717) is 27.1 Å². The predicted octanol–water partition coefficient (Wildman–Crippen LogP) is 4.11. The zero-order valence-electron chi connectivity index (χ0n) is 17.7. The average Bonchev–Trinajstić information content (AvgIpc) is 3.37. The van der Waals surface area contributed by atoms with E-state index in [0.717, 1.165) is 31.6 Å². The molecule has 0 bridgehead atoms. The second-order valence-electron chi connectivity index (χ2n) is 7.86. The minimum absolute atomic E-state index is 0.168. The fraction of sp³-hybridized carbons (Fsp3) is 0.409. The van der Waals surface area contributed by atoms with E-state index in [1.54, 1.807) is 18.2 Å². The van der Waals surface area contributed by atoms with Crippen molar-refractivity contribution >= 4 is 57.9 Å². The van der Waals surface area contributed by atoms with E-state index in [1.807, 2.05) is 12.1 Å². The van der Waals surface area contributed by atoms with Crippen LogP contribution in [-0.2, 0) is 9.53 Å². The highest BCUT2D eigenvalue weighted by molar-refractivity contribution is 7.18. The largest absolute Gasteiger partial charge is 0.442 e. The Balaban J connectivity index is 1.44. The quantitative estimate of drug-likeness (QED) is 0.654. The second-order valence-corrected chi connectivity index (χ2v) is 9.58. The highest BCUT2D eigenvalue weighted by Gasteiger charge is 2.33. The smallest absolute Gasteiger partial charge is 0.414 e. The molecule has 2 saturated heterocycles. The summed E-state index contributed by atoms with van der Waals surface area (Å²) in [5.74, 6) is -0.422. The molecule has 2 N–H and O–H groups in total. The minimum Gasteiger partial charge on any atom is -0.442 e. The van der Waals surface area contributed by atoms with E-state index in [-0.39, 0.29) is 18.4 Å². The number of carbonyl (C=O) groups is 3. The molecule has 1 atom stereocenters. The third kappa shape index (κ3) is 5.16. The molecule has 0 radical (unpaired) electrons. The van der Waals surface area contributed by atoms with Gasteiger partial charge in [-0.25, -0.2) is 4.79 Å². The Morgan fingerprint density at radius 3 is 2.66 bits per heavy atom. The van der Waals surface area contributed by atoms with Gasteiger partial charge in [-0.05, 0) is 49.6 Å². The zero-order valence-corrected chi connectivity index (χ0v) is 19.3. The number of hydrogen-bond acceptors (Lipinski definition) is 6. The van der Waals surface area contributed by atoms with Crippen LogP contribution in [0.3, 0.4) is 0 Å². The van der Waals surface area contributed by atoms with Crippen molar-refractivity contribution in [3.8, 4) is 0 Å². The van der Waals surface area contributed by atoms with Crippen LogP contribution in [0, 0.1) is 0 Å². The predicted molar refractivity (Wildman–Crippen MR) is 126 cm³/mol. The first kappa shape index (κ1) is 22.4. The monoisotopic (exact) mass is 476 g/mol. The minimum atomic E-state index is -0.483. The molecule has 1 aromatic heterocycles. The summed E-state index contributed by atoms with van der Waals surface area (Å²) in [6.07, 6.45) is 2.48. The van der Waals surface area contributed by atoms with Gasteiger partial charge in [0.25, 0.3) is 5.91 Å². The van der Waals surface area contributed by atoms with Gasteiger partial charge in [0.05, 0.1) is 33.7 Å². The van der Waals surface area contributed by atoms with Gasteiger partial charge in [0.2, 0.25) is 5.91 Å². The van der Waals surface area contributed by atoms with Crippen molar-refractivity contribution in [3.63, 3.8) is 0 Å². The van der Waals surface area contributed by atoms with Gasteiger partial charge >= 0.3 is 6.09 Å². The summed E-state index contributed by atoms with van der Waals surface area (Å²) in [7, 11) is 0. The molecule has 10 heteroatoms. The van der Waals surface area contributed by atoms with Gasteiger partial charge in [-0.1, -0.05) is 11.6 Å². The molecule has 4 rings (SSSR count). The lowest BCUT2D eigenvalue weighted by atomic mass is 10.1. The van der Waals surface area contributed by atoms with Gasteiger partial charge in [-0.2, -0.15) is 0 Å². The number of thiophene rings is 1. The lowest BCUT2D eigenvalue weighted by Gasteiger charge is -2.31. The Morgan fingerprint density at radius 2 is 1.97 bits per heavy atom. The molecule has 3 heterocycles. The Bertz CT molecular complexity index is 1020. The van der Waals surface area contributed by atoms with Gasteiger partial charge < -0.3 is 20.3 Å². The van der Waals surface area contributed by atoms with E-state index in [2.05, 4.69) is 15.5 Å². The number of carbonyl (C=O) groups excluding carboxylic acids is 3. The molecule has 1 unspecified atom stereocenters. The van der Waals surface area contributed by atoms with E-state index in [1.165, 1.54) is 29.6 Å². The number of amides is 3. The summed E-state index contributed by atoms with van der Waals surface area (Å²) in [6.45, 7) is 3.84. The molecule has 0 saturated carbocycles. The van der Waals surface area contributed by atoms with E-state index in [4.69, 9.17) is 16.3 Å². The van der Waals surface area contributed by atoms with Crippen LogP contribution in [0.15, 0.2) is 30.3 Å². The van der Waals surface area contributed by atoms with Crippen molar-refractivity contribution in [2.45, 2.75) is 32.3 Å². The number of rotatable bonds is 6. The molecule has 32 heavy (non-hydrogen) atoms. The third-order valence-corrected chi connectivity index (χ3v) is 6.69. The topological polar surface area (TPSA) is 91.0 Å². The highest BCUT2D eigenvalue weighted by atomic mass is 35.5. The maximum Gasteiger partial charge on any atom is 0.414 e.